The van der Waals surface area contributed by atoms with E-state index in [0.29, 0.717) is 39.6 Å². The normalized spacial score (nSPS) is 11.8. The molecule has 0 aliphatic heterocycles. The highest BCUT2D eigenvalue weighted by atomic mass is 35.5. The Labute approximate surface area is 189 Å². The average Bonchev–Trinajstić information content (AvgIpc) is 2.95. The van der Waals surface area contributed by atoms with Gasteiger partial charge in [0.2, 0.25) is 0 Å². The second-order valence-electron chi connectivity index (χ2n) is 7.66. The fourth-order valence-corrected chi connectivity index (χ4v) is 4.54. The van der Waals surface area contributed by atoms with Gasteiger partial charge in [0, 0.05) is 31.8 Å². The van der Waals surface area contributed by atoms with Crippen LogP contribution in [0.15, 0.2) is 34.4 Å². The van der Waals surface area contributed by atoms with Gasteiger partial charge >= 0.3 is 6.09 Å². The van der Waals surface area contributed by atoms with Gasteiger partial charge in [-0.1, -0.05) is 54.6 Å². The summed E-state index contributed by atoms with van der Waals surface area (Å²) in [6, 6.07) is 4.49. The van der Waals surface area contributed by atoms with Crippen LogP contribution in [-0.4, -0.2) is 45.4 Å². The summed E-state index contributed by atoms with van der Waals surface area (Å²) >= 11 is 13.9. The molecule has 1 amide bonds. The summed E-state index contributed by atoms with van der Waals surface area (Å²) in [6.07, 6.45) is 1.84. The van der Waals surface area contributed by atoms with Crippen molar-refractivity contribution in [3.05, 3.63) is 34.7 Å². The van der Waals surface area contributed by atoms with Crippen LogP contribution in [0.25, 0.3) is 11.2 Å². The molecule has 0 fully saturated rings. The number of nitrogens with zero attached hydrogens (tertiary/aromatic N) is 4. The number of halogens is 2. The number of carboxylic acid groups (broad SMARTS) is 1. The minimum Gasteiger partial charge on any atom is -0.465 e. The fourth-order valence-electron chi connectivity index (χ4n) is 2.49. The van der Waals surface area contributed by atoms with E-state index in [1.165, 1.54) is 18.0 Å². The molecular weight excluding hydrogens is 465 g/mol. The number of fused-ring (bicyclic) bond motifs is 1. The molecule has 30 heavy (non-hydrogen) atoms. The monoisotopic (exact) mass is 485 g/mol. The first-order valence-corrected chi connectivity index (χ1v) is 14.3. The topological polar surface area (TPSA) is 102 Å². The van der Waals surface area contributed by atoms with Crippen molar-refractivity contribution in [2.75, 3.05) is 11.9 Å². The fraction of sp³-hybridized carbons (Fsp3) is 0.333. The van der Waals surface area contributed by atoms with E-state index in [1.807, 2.05) is 0 Å². The molecule has 160 valence electrons. The van der Waals surface area contributed by atoms with Crippen molar-refractivity contribution in [2.45, 2.75) is 42.3 Å². The molecule has 0 spiro atoms. The molecule has 3 heterocycles. The third kappa shape index (κ3) is 5.85. The van der Waals surface area contributed by atoms with Gasteiger partial charge in [-0.15, -0.1) is 0 Å². The van der Waals surface area contributed by atoms with Gasteiger partial charge in [0.15, 0.2) is 11.5 Å². The zero-order valence-electron chi connectivity index (χ0n) is 16.6. The Morgan fingerprint density at radius 3 is 2.80 bits per heavy atom. The average molecular weight is 486 g/mol. The molecule has 0 atom stereocenters. The lowest BCUT2D eigenvalue weighted by Gasteiger charge is -2.15. The molecule has 0 aromatic carbocycles. The summed E-state index contributed by atoms with van der Waals surface area (Å²) in [5, 5.41) is 12.3. The SMILES string of the molecule is C[Si](C)(C)CCOCn1c(Cl)cc2nc(Sc3ccnc(NC(=O)O)c3Cl)cnc21. The molecule has 8 nitrogen and oxygen atoms in total. The zero-order chi connectivity index (χ0) is 21.9. The van der Waals surface area contributed by atoms with Crippen molar-refractivity contribution in [1.29, 1.82) is 0 Å². The highest BCUT2D eigenvalue weighted by Gasteiger charge is 2.16. The molecule has 3 aromatic rings. The highest BCUT2D eigenvalue weighted by Crippen LogP contribution is 2.36. The largest absolute Gasteiger partial charge is 0.465 e. The highest BCUT2D eigenvalue weighted by molar-refractivity contribution is 7.99. The van der Waals surface area contributed by atoms with Crippen molar-refractivity contribution in [1.82, 2.24) is 19.5 Å². The number of amides is 1. The van der Waals surface area contributed by atoms with Crippen LogP contribution < -0.4 is 5.32 Å². The molecule has 3 aromatic heterocycles. The molecular formula is C18H21Cl2N5O3SSi. The van der Waals surface area contributed by atoms with Gasteiger partial charge in [0.05, 0.1) is 11.2 Å². The molecule has 0 saturated carbocycles. The van der Waals surface area contributed by atoms with Gasteiger partial charge in [0.1, 0.15) is 22.4 Å². The van der Waals surface area contributed by atoms with E-state index in [2.05, 4.69) is 39.9 Å². The third-order valence-electron chi connectivity index (χ3n) is 4.04. The second kappa shape index (κ2) is 9.52. The molecule has 0 unspecified atom stereocenters. The number of rotatable bonds is 8. The lowest BCUT2D eigenvalue weighted by molar-refractivity contribution is 0.0900. The van der Waals surface area contributed by atoms with Crippen LogP contribution in [0.4, 0.5) is 10.6 Å². The van der Waals surface area contributed by atoms with Crippen LogP contribution in [-0.2, 0) is 11.5 Å². The zero-order valence-corrected chi connectivity index (χ0v) is 20.0. The maximum atomic E-state index is 10.9. The van der Waals surface area contributed by atoms with Crippen molar-refractivity contribution in [2.24, 2.45) is 0 Å². The Hall–Kier alpha value is -1.85. The first kappa shape index (κ1) is 22.8. The quantitative estimate of drug-likeness (QED) is 0.312. The summed E-state index contributed by atoms with van der Waals surface area (Å²) in [7, 11) is -1.16. The second-order valence-corrected chi connectivity index (χ2v) is 15.1. The minimum absolute atomic E-state index is 0.0628. The maximum Gasteiger partial charge on any atom is 0.410 e. The van der Waals surface area contributed by atoms with E-state index in [1.54, 1.807) is 22.9 Å². The third-order valence-corrected chi connectivity index (χ3v) is 7.51. The van der Waals surface area contributed by atoms with Crippen LogP contribution in [0.3, 0.4) is 0 Å². The van der Waals surface area contributed by atoms with E-state index in [4.69, 9.17) is 33.0 Å². The molecule has 12 heteroatoms. The van der Waals surface area contributed by atoms with E-state index < -0.39 is 14.2 Å². The molecule has 0 bridgehead atoms. The first-order valence-electron chi connectivity index (χ1n) is 9.06. The van der Waals surface area contributed by atoms with Gasteiger partial charge in [-0.2, -0.15) is 0 Å². The van der Waals surface area contributed by atoms with Gasteiger partial charge in [-0.25, -0.2) is 19.7 Å². The van der Waals surface area contributed by atoms with Crippen molar-refractivity contribution < 1.29 is 14.6 Å². The van der Waals surface area contributed by atoms with Gasteiger partial charge in [0.25, 0.3) is 0 Å². The molecule has 0 aliphatic carbocycles. The minimum atomic E-state index is -1.24. The standard InChI is InChI=1S/C18H21Cl2N5O3SSi/c1-30(2,3)7-6-28-10-25-13(19)8-11-17(25)22-9-14(23-11)29-12-4-5-21-16(15(12)20)24-18(26)27/h4-5,8-9H,6-7,10H2,1-3H3,(H,21,24)(H,26,27). The summed E-state index contributed by atoms with van der Waals surface area (Å²) in [4.78, 5) is 24.4. The van der Waals surface area contributed by atoms with E-state index in [-0.39, 0.29) is 10.8 Å². The number of pyridine rings is 1. The maximum absolute atomic E-state index is 10.9. The number of anilines is 1. The summed E-state index contributed by atoms with van der Waals surface area (Å²) in [5.74, 6) is 0.0628. The van der Waals surface area contributed by atoms with Crippen LogP contribution in [0.1, 0.15) is 0 Å². The predicted octanol–water partition coefficient (Wildman–Crippen LogP) is 5.69. The Bertz CT molecular complexity index is 1070. The first-order chi connectivity index (χ1) is 14.1. The van der Waals surface area contributed by atoms with Crippen LogP contribution >= 0.6 is 35.0 Å². The number of carbonyl (C=O) groups is 1. The van der Waals surface area contributed by atoms with E-state index >= 15 is 0 Å². The molecule has 0 saturated heterocycles. The van der Waals surface area contributed by atoms with Crippen LogP contribution in [0, 0.1) is 0 Å². The Balaban J connectivity index is 1.76. The van der Waals surface area contributed by atoms with Crippen molar-refractivity contribution >= 4 is 66.1 Å². The van der Waals surface area contributed by atoms with Gasteiger partial charge < -0.3 is 9.84 Å². The summed E-state index contributed by atoms with van der Waals surface area (Å²) in [6.45, 7) is 7.90. The molecule has 0 aliphatic rings. The van der Waals surface area contributed by atoms with Gasteiger partial charge in [-0.05, 0) is 12.1 Å². The van der Waals surface area contributed by atoms with Crippen molar-refractivity contribution in [3.63, 3.8) is 0 Å². The van der Waals surface area contributed by atoms with Gasteiger partial charge in [-0.3, -0.25) is 9.88 Å². The Kier molecular flexibility index (Phi) is 7.24. The Morgan fingerprint density at radius 1 is 1.33 bits per heavy atom. The Morgan fingerprint density at radius 2 is 2.10 bits per heavy atom. The summed E-state index contributed by atoms with van der Waals surface area (Å²) < 4.78 is 7.57. The number of ether oxygens (including phenoxy) is 1. The lowest BCUT2D eigenvalue weighted by atomic mass is 10.4. The summed E-state index contributed by atoms with van der Waals surface area (Å²) in [5.41, 5.74) is 1.26. The van der Waals surface area contributed by atoms with Crippen LogP contribution in [0.5, 0.6) is 0 Å². The number of hydrogen-bond donors (Lipinski definition) is 2. The number of hydrogen-bond acceptors (Lipinski definition) is 6. The van der Waals surface area contributed by atoms with Crippen molar-refractivity contribution in [3.8, 4) is 0 Å². The lowest BCUT2D eigenvalue weighted by Crippen LogP contribution is -2.22. The van der Waals surface area contributed by atoms with E-state index in [9.17, 15) is 4.79 Å². The number of nitrogens with one attached hydrogen (secondary N) is 1. The smallest absolute Gasteiger partial charge is 0.410 e. The number of aromatic nitrogens is 4. The van der Waals surface area contributed by atoms with E-state index in [0.717, 1.165) is 6.04 Å². The molecule has 2 N–H and O–H groups in total. The predicted molar refractivity (Wildman–Crippen MR) is 122 cm³/mol. The molecule has 0 radical (unpaired) electrons. The van der Waals surface area contributed by atoms with Crippen LogP contribution in [0.2, 0.25) is 35.9 Å². The molecule has 3 rings (SSSR count).